The van der Waals surface area contributed by atoms with Crippen LogP contribution in [0, 0.1) is 5.92 Å². The molecular weight excluding hydrogens is 376 g/mol. The van der Waals surface area contributed by atoms with E-state index in [0.29, 0.717) is 0 Å². The summed E-state index contributed by atoms with van der Waals surface area (Å²) in [5, 5.41) is 10.6. The average Bonchev–Trinajstić information content (AvgIpc) is 2.54. The van der Waals surface area contributed by atoms with Crippen LogP contribution in [0.5, 0.6) is 0 Å². The monoisotopic (exact) mass is 404 g/mol. The highest BCUT2D eigenvalue weighted by Gasteiger charge is 2.54. The lowest BCUT2D eigenvalue weighted by Gasteiger charge is -2.46. The van der Waals surface area contributed by atoms with Gasteiger partial charge in [-0.2, -0.15) is 0 Å². The molecular formula is C18H28O10. The van der Waals surface area contributed by atoms with Gasteiger partial charge in [-0.05, 0) is 5.92 Å². The van der Waals surface area contributed by atoms with E-state index in [0.717, 1.165) is 20.8 Å². The summed E-state index contributed by atoms with van der Waals surface area (Å²) in [6.45, 7) is 7.74. The summed E-state index contributed by atoms with van der Waals surface area (Å²) in [7, 11) is 0. The zero-order valence-corrected chi connectivity index (χ0v) is 16.9. The van der Waals surface area contributed by atoms with E-state index in [2.05, 4.69) is 0 Å². The second kappa shape index (κ2) is 10.4. The number of hydrogen-bond donors (Lipinski definition) is 1. The van der Waals surface area contributed by atoms with Gasteiger partial charge in [0.05, 0.1) is 6.10 Å². The van der Waals surface area contributed by atoms with Crippen molar-refractivity contribution in [1.29, 1.82) is 0 Å². The SMILES string of the molecule is CC(=O)OC[C@H]1O[C@@H](C(O)C(C)C)[C@@H](OC(C)=O)[C@@H](OC(C)=O)[C@@H]1OC(C)=O. The molecule has 1 N–H and O–H groups in total. The molecule has 1 aliphatic rings. The molecule has 10 heteroatoms. The van der Waals surface area contributed by atoms with Crippen LogP contribution in [-0.2, 0) is 42.9 Å². The number of hydrogen-bond acceptors (Lipinski definition) is 10. The number of aliphatic hydroxyl groups excluding tert-OH is 1. The number of rotatable bonds is 7. The van der Waals surface area contributed by atoms with Crippen LogP contribution in [-0.4, -0.2) is 72.2 Å². The largest absolute Gasteiger partial charge is 0.463 e. The van der Waals surface area contributed by atoms with Crippen molar-refractivity contribution in [3.8, 4) is 0 Å². The van der Waals surface area contributed by atoms with E-state index in [1.807, 2.05) is 0 Å². The Hall–Kier alpha value is -2.20. The highest BCUT2D eigenvalue weighted by molar-refractivity contribution is 5.68. The summed E-state index contributed by atoms with van der Waals surface area (Å²) in [4.78, 5) is 46.1. The van der Waals surface area contributed by atoms with Crippen molar-refractivity contribution in [1.82, 2.24) is 0 Å². The van der Waals surface area contributed by atoms with E-state index in [4.69, 9.17) is 23.7 Å². The first-order valence-corrected chi connectivity index (χ1v) is 8.92. The summed E-state index contributed by atoms with van der Waals surface area (Å²) in [6.07, 6.45) is -7.00. The van der Waals surface area contributed by atoms with Gasteiger partial charge in [0.2, 0.25) is 0 Å². The quantitative estimate of drug-likeness (QED) is 0.461. The van der Waals surface area contributed by atoms with Crippen LogP contribution >= 0.6 is 0 Å². The number of ether oxygens (including phenoxy) is 5. The van der Waals surface area contributed by atoms with E-state index in [-0.39, 0.29) is 12.5 Å². The fourth-order valence-electron chi connectivity index (χ4n) is 2.92. The first kappa shape index (κ1) is 23.8. The van der Waals surface area contributed by atoms with Gasteiger partial charge in [0.1, 0.15) is 18.8 Å². The lowest BCUT2D eigenvalue weighted by molar-refractivity contribution is -0.268. The fraction of sp³-hybridized carbons (Fsp3) is 0.778. The number of esters is 4. The third-order valence-electron chi connectivity index (χ3n) is 4.05. The minimum Gasteiger partial charge on any atom is -0.463 e. The number of carbonyl (C=O) groups is 4. The van der Waals surface area contributed by atoms with Crippen molar-refractivity contribution in [2.24, 2.45) is 5.92 Å². The molecule has 6 atom stereocenters. The molecule has 1 rings (SSSR count). The molecule has 0 amide bonds. The molecule has 1 heterocycles. The van der Waals surface area contributed by atoms with Gasteiger partial charge in [-0.25, -0.2) is 0 Å². The second-order valence-corrected chi connectivity index (χ2v) is 6.90. The van der Waals surface area contributed by atoms with Gasteiger partial charge in [0.25, 0.3) is 0 Å². The van der Waals surface area contributed by atoms with Crippen LogP contribution in [0.15, 0.2) is 0 Å². The molecule has 10 nitrogen and oxygen atoms in total. The molecule has 0 spiro atoms. The van der Waals surface area contributed by atoms with Gasteiger partial charge in [-0.3, -0.25) is 19.2 Å². The molecule has 1 fully saturated rings. The van der Waals surface area contributed by atoms with Crippen molar-refractivity contribution in [3.63, 3.8) is 0 Å². The van der Waals surface area contributed by atoms with Crippen LogP contribution in [0.3, 0.4) is 0 Å². The third kappa shape index (κ3) is 6.75. The van der Waals surface area contributed by atoms with Crippen LogP contribution in [0.25, 0.3) is 0 Å². The average molecular weight is 404 g/mol. The van der Waals surface area contributed by atoms with Crippen molar-refractivity contribution in [2.75, 3.05) is 6.61 Å². The maximum absolute atomic E-state index is 11.7. The van der Waals surface area contributed by atoms with Crippen molar-refractivity contribution in [2.45, 2.75) is 78.2 Å². The highest BCUT2D eigenvalue weighted by Crippen LogP contribution is 2.32. The predicted molar refractivity (Wildman–Crippen MR) is 92.8 cm³/mol. The Morgan fingerprint density at radius 1 is 0.821 bits per heavy atom. The summed E-state index contributed by atoms with van der Waals surface area (Å²) in [6, 6.07) is 0. The minimum atomic E-state index is -1.27. The number of aliphatic hydroxyl groups is 1. The highest BCUT2D eigenvalue weighted by atomic mass is 16.7. The fourth-order valence-corrected chi connectivity index (χ4v) is 2.92. The van der Waals surface area contributed by atoms with E-state index < -0.39 is 60.5 Å². The molecule has 0 radical (unpaired) electrons. The molecule has 0 aromatic heterocycles. The van der Waals surface area contributed by atoms with Gasteiger partial charge >= 0.3 is 23.9 Å². The predicted octanol–water partition coefficient (Wildman–Crippen LogP) is 0.129. The zero-order chi connectivity index (χ0) is 21.6. The van der Waals surface area contributed by atoms with Crippen LogP contribution < -0.4 is 0 Å². The van der Waals surface area contributed by atoms with Gasteiger partial charge in [0, 0.05) is 27.7 Å². The van der Waals surface area contributed by atoms with Crippen LogP contribution in [0.2, 0.25) is 0 Å². The molecule has 1 aliphatic heterocycles. The Balaban J connectivity index is 3.37. The number of carbonyl (C=O) groups excluding carboxylic acids is 4. The van der Waals surface area contributed by atoms with Gasteiger partial charge in [-0.15, -0.1) is 0 Å². The van der Waals surface area contributed by atoms with Crippen LogP contribution in [0.1, 0.15) is 41.5 Å². The Kier molecular flexibility index (Phi) is 8.83. The molecule has 1 saturated heterocycles. The van der Waals surface area contributed by atoms with Crippen molar-refractivity contribution < 1.29 is 48.0 Å². The molecule has 1 unspecified atom stereocenters. The maximum atomic E-state index is 11.7. The molecule has 0 saturated carbocycles. The Morgan fingerprint density at radius 2 is 1.29 bits per heavy atom. The molecule has 0 aromatic carbocycles. The topological polar surface area (TPSA) is 135 Å². The van der Waals surface area contributed by atoms with Gasteiger partial charge in [0.15, 0.2) is 18.3 Å². The normalized spacial score (nSPS) is 28.2. The van der Waals surface area contributed by atoms with Crippen LogP contribution in [0.4, 0.5) is 0 Å². The molecule has 28 heavy (non-hydrogen) atoms. The second-order valence-electron chi connectivity index (χ2n) is 6.90. The third-order valence-corrected chi connectivity index (χ3v) is 4.05. The Labute approximate surface area is 163 Å². The van der Waals surface area contributed by atoms with Gasteiger partial charge < -0.3 is 28.8 Å². The minimum absolute atomic E-state index is 0.305. The molecule has 0 aromatic rings. The van der Waals surface area contributed by atoms with Crippen molar-refractivity contribution >= 4 is 23.9 Å². The first-order chi connectivity index (χ1) is 12.9. The maximum Gasteiger partial charge on any atom is 0.303 e. The van der Waals surface area contributed by atoms with E-state index in [9.17, 15) is 24.3 Å². The summed E-state index contributed by atoms with van der Waals surface area (Å²) < 4.78 is 26.6. The van der Waals surface area contributed by atoms with E-state index in [1.165, 1.54) is 6.92 Å². The lowest BCUT2D eigenvalue weighted by atomic mass is 9.88. The Morgan fingerprint density at radius 3 is 1.71 bits per heavy atom. The summed E-state index contributed by atoms with van der Waals surface area (Å²) in [5.74, 6) is -3.03. The van der Waals surface area contributed by atoms with Gasteiger partial charge in [-0.1, -0.05) is 13.8 Å². The first-order valence-electron chi connectivity index (χ1n) is 8.92. The molecule has 0 bridgehead atoms. The summed E-state index contributed by atoms with van der Waals surface area (Å²) >= 11 is 0. The summed E-state index contributed by atoms with van der Waals surface area (Å²) in [5.41, 5.74) is 0. The van der Waals surface area contributed by atoms with E-state index >= 15 is 0 Å². The molecule has 160 valence electrons. The Bertz CT molecular complexity index is 587. The molecule has 0 aliphatic carbocycles. The van der Waals surface area contributed by atoms with Crippen molar-refractivity contribution in [3.05, 3.63) is 0 Å². The zero-order valence-electron chi connectivity index (χ0n) is 16.9. The standard InChI is InChI=1S/C18H28O10/c1-8(2)14(23)16-18(27-12(6)22)17(26-11(5)21)15(25-10(4)20)13(28-16)7-24-9(3)19/h8,13-18,23H,7H2,1-6H3/t13-,14?,15-,16+,17+,18-/m1/s1. The van der Waals surface area contributed by atoms with E-state index in [1.54, 1.807) is 13.8 Å². The smallest absolute Gasteiger partial charge is 0.303 e. The lowest BCUT2D eigenvalue weighted by Crippen LogP contribution is -2.65.